The van der Waals surface area contributed by atoms with Crippen LogP contribution in [-0.4, -0.2) is 31.7 Å². The molecule has 2 heterocycles. The zero-order chi connectivity index (χ0) is 11.7. The van der Waals surface area contributed by atoms with Gasteiger partial charge in [0.2, 0.25) is 0 Å². The van der Waals surface area contributed by atoms with Gasteiger partial charge in [0.15, 0.2) is 0 Å². The summed E-state index contributed by atoms with van der Waals surface area (Å²) in [6, 6.07) is 6.18. The molecular weight excluding hydrogens is 216 g/mol. The largest absolute Gasteiger partial charge is 0.377 e. The van der Waals surface area contributed by atoms with E-state index in [2.05, 4.69) is 16.7 Å². The first kappa shape index (κ1) is 10.7. The Kier molecular flexibility index (Phi) is 2.82. The highest BCUT2D eigenvalue weighted by molar-refractivity contribution is 5.94. The van der Waals surface area contributed by atoms with Crippen LogP contribution >= 0.6 is 0 Å². The number of hydrogen-bond acceptors (Lipinski definition) is 3. The number of amides is 1. The summed E-state index contributed by atoms with van der Waals surface area (Å²) in [5.74, 6) is 0.00618. The van der Waals surface area contributed by atoms with Gasteiger partial charge in [-0.15, -0.1) is 0 Å². The Morgan fingerprint density at radius 2 is 2.24 bits per heavy atom. The first-order chi connectivity index (χ1) is 8.33. The van der Waals surface area contributed by atoms with E-state index in [1.807, 2.05) is 12.1 Å². The van der Waals surface area contributed by atoms with Crippen LogP contribution < -0.4 is 10.6 Å². The van der Waals surface area contributed by atoms with Crippen molar-refractivity contribution in [3.8, 4) is 0 Å². The van der Waals surface area contributed by atoms with E-state index in [0.29, 0.717) is 13.2 Å². The van der Waals surface area contributed by atoms with Crippen molar-refractivity contribution in [1.82, 2.24) is 10.6 Å². The molecule has 4 heteroatoms. The zero-order valence-electron chi connectivity index (χ0n) is 9.66. The summed E-state index contributed by atoms with van der Waals surface area (Å²) in [6.45, 7) is 3.16. The summed E-state index contributed by atoms with van der Waals surface area (Å²) in [5, 5.41) is 6.27. The topological polar surface area (TPSA) is 50.4 Å². The van der Waals surface area contributed by atoms with Crippen LogP contribution in [-0.2, 0) is 17.7 Å². The zero-order valence-corrected chi connectivity index (χ0v) is 9.66. The van der Waals surface area contributed by atoms with Crippen molar-refractivity contribution in [1.29, 1.82) is 0 Å². The maximum absolute atomic E-state index is 11.9. The maximum atomic E-state index is 11.9. The molecule has 2 N–H and O–H groups in total. The van der Waals surface area contributed by atoms with Crippen LogP contribution in [0.3, 0.4) is 0 Å². The minimum Gasteiger partial charge on any atom is -0.377 e. The second-order valence-electron chi connectivity index (χ2n) is 4.62. The van der Waals surface area contributed by atoms with Crippen molar-refractivity contribution in [3.05, 3.63) is 34.9 Å². The normalized spacial score (nSPS) is 19.3. The summed E-state index contributed by atoms with van der Waals surface area (Å²) in [6.07, 6.45) is 1.05. The van der Waals surface area contributed by atoms with Gasteiger partial charge < -0.3 is 15.4 Å². The standard InChI is InChI=1S/C13H16N2O2/c16-13(15-12-7-17-8-12)10-2-1-9-3-4-14-6-11(9)5-10/h1-2,5,12,14H,3-4,6-8H2,(H,15,16). The minimum absolute atomic E-state index is 0.00618. The van der Waals surface area contributed by atoms with Crippen LogP contribution in [0.25, 0.3) is 0 Å². The van der Waals surface area contributed by atoms with Crippen molar-refractivity contribution in [2.75, 3.05) is 19.8 Å². The third-order valence-electron chi connectivity index (χ3n) is 3.33. The molecule has 2 aliphatic rings. The van der Waals surface area contributed by atoms with Gasteiger partial charge in [-0.3, -0.25) is 4.79 Å². The van der Waals surface area contributed by atoms with Gasteiger partial charge in [-0.05, 0) is 36.2 Å². The van der Waals surface area contributed by atoms with Crippen LogP contribution in [0.1, 0.15) is 21.5 Å². The molecule has 4 nitrogen and oxygen atoms in total. The molecule has 1 aromatic carbocycles. The molecule has 0 radical (unpaired) electrons. The fourth-order valence-electron chi connectivity index (χ4n) is 2.21. The Hall–Kier alpha value is -1.39. The molecule has 1 aromatic rings. The first-order valence-electron chi connectivity index (χ1n) is 6.04. The Morgan fingerprint density at radius 3 is 3.00 bits per heavy atom. The number of fused-ring (bicyclic) bond motifs is 1. The average Bonchev–Trinajstić information content (AvgIpc) is 2.33. The van der Waals surface area contributed by atoms with Gasteiger partial charge in [-0.25, -0.2) is 0 Å². The quantitative estimate of drug-likeness (QED) is 0.779. The molecule has 0 unspecified atom stereocenters. The fourth-order valence-corrected chi connectivity index (χ4v) is 2.21. The molecule has 90 valence electrons. The molecule has 0 bridgehead atoms. The number of ether oxygens (including phenoxy) is 1. The van der Waals surface area contributed by atoms with E-state index in [1.54, 1.807) is 0 Å². The molecule has 0 atom stereocenters. The number of nitrogens with one attached hydrogen (secondary N) is 2. The summed E-state index contributed by atoms with van der Waals surface area (Å²) >= 11 is 0. The lowest BCUT2D eigenvalue weighted by molar-refractivity contribution is -0.00346. The molecule has 1 saturated heterocycles. The Morgan fingerprint density at radius 1 is 1.35 bits per heavy atom. The minimum atomic E-state index is 0.00618. The first-order valence-corrected chi connectivity index (χ1v) is 6.04. The second-order valence-corrected chi connectivity index (χ2v) is 4.62. The molecule has 0 saturated carbocycles. The molecule has 1 amide bonds. The number of hydrogen-bond donors (Lipinski definition) is 2. The van der Waals surface area contributed by atoms with Gasteiger partial charge in [0.25, 0.3) is 5.91 Å². The van der Waals surface area contributed by atoms with E-state index in [0.717, 1.165) is 25.1 Å². The van der Waals surface area contributed by atoms with Crippen molar-refractivity contribution in [3.63, 3.8) is 0 Å². The molecule has 0 aromatic heterocycles. The average molecular weight is 232 g/mol. The molecule has 2 aliphatic heterocycles. The highest BCUT2D eigenvalue weighted by atomic mass is 16.5. The lowest BCUT2D eigenvalue weighted by Gasteiger charge is -2.27. The highest BCUT2D eigenvalue weighted by Crippen LogP contribution is 2.16. The number of rotatable bonds is 2. The summed E-state index contributed by atoms with van der Waals surface area (Å²) < 4.78 is 5.04. The number of benzene rings is 1. The predicted molar refractivity (Wildman–Crippen MR) is 63.9 cm³/mol. The molecule has 17 heavy (non-hydrogen) atoms. The maximum Gasteiger partial charge on any atom is 0.251 e. The van der Waals surface area contributed by atoms with Gasteiger partial charge in [0.05, 0.1) is 19.3 Å². The Bertz CT molecular complexity index is 441. The van der Waals surface area contributed by atoms with Crippen molar-refractivity contribution in [2.45, 2.75) is 19.0 Å². The van der Waals surface area contributed by atoms with E-state index in [1.165, 1.54) is 11.1 Å². The Balaban J connectivity index is 1.75. The third-order valence-corrected chi connectivity index (χ3v) is 3.33. The SMILES string of the molecule is O=C(NC1COC1)c1ccc2c(c1)CNCC2. The van der Waals surface area contributed by atoms with Gasteiger partial charge in [0.1, 0.15) is 0 Å². The van der Waals surface area contributed by atoms with Gasteiger partial charge >= 0.3 is 0 Å². The highest BCUT2D eigenvalue weighted by Gasteiger charge is 2.21. The van der Waals surface area contributed by atoms with Crippen LogP contribution in [0.4, 0.5) is 0 Å². The van der Waals surface area contributed by atoms with Crippen molar-refractivity contribution >= 4 is 5.91 Å². The lowest BCUT2D eigenvalue weighted by Crippen LogP contribution is -2.48. The number of carbonyl (C=O) groups excluding carboxylic acids is 1. The third kappa shape index (κ3) is 2.18. The van der Waals surface area contributed by atoms with E-state index in [9.17, 15) is 4.79 Å². The summed E-state index contributed by atoms with van der Waals surface area (Å²) in [5.41, 5.74) is 3.35. The van der Waals surface area contributed by atoms with Gasteiger partial charge in [0, 0.05) is 12.1 Å². The van der Waals surface area contributed by atoms with Crippen LogP contribution in [0.2, 0.25) is 0 Å². The van der Waals surface area contributed by atoms with E-state index >= 15 is 0 Å². The molecule has 0 spiro atoms. The summed E-state index contributed by atoms with van der Waals surface area (Å²) in [4.78, 5) is 11.9. The fraction of sp³-hybridized carbons (Fsp3) is 0.462. The monoisotopic (exact) mass is 232 g/mol. The Labute approximate surface area is 100 Å². The van der Waals surface area contributed by atoms with E-state index in [-0.39, 0.29) is 11.9 Å². The van der Waals surface area contributed by atoms with Crippen LogP contribution in [0.15, 0.2) is 18.2 Å². The summed E-state index contributed by atoms with van der Waals surface area (Å²) in [7, 11) is 0. The molecular formula is C13H16N2O2. The molecule has 3 rings (SSSR count). The van der Waals surface area contributed by atoms with E-state index < -0.39 is 0 Å². The smallest absolute Gasteiger partial charge is 0.251 e. The molecule has 0 aliphatic carbocycles. The van der Waals surface area contributed by atoms with Gasteiger partial charge in [-0.1, -0.05) is 6.07 Å². The molecule has 1 fully saturated rings. The second kappa shape index (κ2) is 4.47. The van der Waals surface area contributed by atoms with Crippen LogP contribution in [0.5, 0.6) is 0 Å². The number of carbonyl (C=O) groups is 1. The lowest BCUT2D eigenvalue weighted by atomic mass is 9.98. The van der Waals surface area contributed by atoms with E-state index in [4.69, 9.17) is 4.74 Å². The van der Waals surface area contributed by atoms with Gasteiger partial charge in [-0.2, -0.15) is 0 Å². The van der Waals surface area contributed by atoms with Crippen molar-refractivity contribution in [2.24, 2.45) is 0 Å². The van der Waals surface area contributed by atoms with Crippen LogP contribution in [0, 0.1) is 0 Å². The van der Waals surface area contributed by atoms with Crippen molar-refractivity contribution < 1.29 is 9.53 Å². The predicted octanol–water partition coefficient (Wildman–Crippen LogP) is 0.461.